The van der Waals surface area contributed by atoms with E-state index < -0.39 is 10.2 Å². The van der Waals surface area contributed by atoms with E-state index in [-0.39, 0.29) is 11.8 Å². The Bertz CT molecular complexity index is 1160. The van der Waals surface area contributed by atoms with Crippen LogP contribution < -0.4 is 0 Å². The fourth-order valence-corrected chi connectivity index (χ4v) is 5.66. The quantitative estimate of drug-likeness (QED) is 0.655. The van der Waals surface area contributed by atoms with E-state index in [1.807, 2.05) is 18.5 Å². The van der Waals surface area contributed by atoms with Gasteiger partial charge in [-0.05, 0) is 30.7 Å². The maximum absolute atomic E-state index is 12.5. The highest BCUT2D eigenvalue weighted by molar-refractivity contribution is 7.87. The van der Waals surface area contributed by atoms with Gasteiger partial charge in [-0.3, -0.25) is 4.40 Å². The van der Waals surface area contributed by atoms with E-state index in [2.05, 4.69) is 30.7 Å². The monoisotopic (exact) mass is 416 g/mol. The summed E-state index contributed by atoms with van der Waals surface area (Å²) in [7, 11) is -3.62. The average molecular weight is 417 g/mol. The topological polar surface area (TPSA) is 105 Å². The highest BCUT2D eigenvalue weighted by Crippen LogP contribution is 2.42. The SMILES string of the molecule is C[C@@H]1CC(/C=N/S(=O)(=O)N2CCOCC2)C[C@@H]1c1cnc2cnc3[nH]ccc3n12. The van der Waals surface area contributed by atoms with Crippen LogP contribution in [-0.2, 0) is 14.9 Å². The molecule has 1 N–H and O–H groups in total. The summed E-state index contributed by atoms with van der Waals surface area (Å²) < 4.78 is 37.7. The predicted molar refractivity (Wildman–Crippen MR) is 109 cm³/mol. The van der Waals surface area contributed by atoms with Crippen LogP contribution in [0.4, 0.5) is 0 Å². The number of H-pyrrole nitrogens is 1. The van der Waals surface area contributed by atoms with E-state index >= 15 is 0 Å². The van der Waals surface area contributed by atoms with Gasteiger partial charge in [-0.15, -0.1) is 0 Å². The Labute approximate surface area is 169 Å². The summed E-state index contributed by atoms with van der Waals surface area (Å²) >= 11 is 0. The summed E-state index contributed by atoms with van der Waals surface area (Å²) in [6, 6.07) is 2.01. The molecule has 3 aromatic heterocycles. The van der Waals surface area contributed by atoms with Gasteiger partial charge in [0.25, 0.3) is 0 Å². The Morgan fingerprint density at radius 3 is 2.90 bits per heavy atom. The van der Waals surface area contributed by atoms with Crippen LogP contribution in [0.3, 0.4) is 0 Å². The summed E-state index contributed by atoms with van der Waals surface area (Å²) in [6.07, 6.45) is 8.97. The summed E-state index contributed by atoms with van der Waals surface area (Å²) in [4.78, 5) is 12.1. The number of ether oxygens (including phenoxy) is 1. The Kier molecular flexibility index (Phi) is 4.64. The third-order valence-electron chi connectivity index (χ3n) is 6.07. The highest BCUT2D eigenvalue weighted by Gasteiger charge is 2.34. The number of hydrogen-bond donors (Lipinski definition) is 1. The normalized spacial score (nSPS) is 26.9. The van der Waals surface area contributed by atoms with Crippen molar-refractivity contribution in [2.75, 3.05) is 26.3 Å². The van der Waals surface area contributed by atoms with Crippen molar-refractivity contribution in [3.8, 4) is 0 Å². The van der Waals surface area contributed by atoms with E-state index in [9.17, 15) is 8.42 Å². The molecule has 3 atom stereocenters. The zero-order valence-electron chi connectivity index (χ0n) is 16.2. The number of rotatable bonds is 4. The Morgan fingerprint density at radius 1 is 1.24 bits per heavy atom. The average Bonchev–Trinajstić information content (AvgIpc) is 3.44. The molecule has 1 aliphatic heterocycles. The maximum Gasteiger partial charge on any atom is 0.322 e. The number of nitrogens with one attached hydrogen (secondary N) is 1. The van der Waals surface area contributed by atoms with Gasteiger partial charge in [-0.2, -0.15) is 17.1 Å². The van der Waals surface area contributed by atoms with Crippen molar-refractivity contribution in [3.63, 3.8) is 0 Å². The predicted octanol–water partition coefficient (Wildman–Crippen LogP) is 1.99. The summed E-state index contributed by atoms with van der Waals surface area (Å²) in [5.74, 6) is 0.813. The lowest BCUT2D eigenvalue weighted by molar-refractivity contribution is 0.0731. The van der Waals surface area contributed by atoms with Crippen LogP contribution in [0.5, 0.6) is 0 Å². The van der Waals surface area contributed by atoms with Gasteiger partial charge in [0.05, 0.1) is 24.9 Å². The van der Waals surface area contributed by atoms with Crippen LogP contribution in [0.25, 0.3) is 16.8 Å². The van der Waals surface area contributed by atoms with Crippen LogP contribution in [-0.4, -0.2) is 64.6 Å². The van der Waals surface area contributed by atoms with Crippen molar-refractivity contribution >= 4 is 33.2 Å². The molecule has 29 heavy (non-hydrogen) atoms. The van der Waals surface area contributed by atoms with Crippen LogP contribution >= 0.6 is 0 Å². The first-order valence-electron chi connectivity index (χ1n) is 9.95. The van der Waals surface area contributed by atoms with Crippen LogP contribution in [0, 0.1) is 11.8 Å². The molecule has 1 saturated carbocycles. The third kappa shape index (κ3) is 3.34. The van der Waals surface area contributed by atoms with Crippen molar-refractivity contribution in [1.29, 1.82) is 0 Å². The molecule has 1 unspecified atom stereocenters. The number of imidazole rings is 1. The molecule has 0 spiro atoms. The molecule has 1 aliphatic carbocycles. The second kappa shape index (κ2) is 7.19. The van der Waals surface area contributed by atoms with E-state index in [0.29, 0.717) is 32.2 Å². The summed E-state index contributed by atoms with van der Waals surface area (Å²) in [6.45, 7) is 3.80. The molecular formula is C19H24N6O3S. The fraction of sp³-hybridized carbons (Fsp3) is 0.526. The van der Waals surface area contributed by atoms with Crippen molar-refractivity contribution in [2.45, 2.75) is 25.7 Å². The molecule has 10 heteroatoms. The molecule has 1 saturated heterocycles. The molecule has 0 aromatic carbocycles. The molecule has 9 nitrogen and oxygen atoms in total. The largest absolute Gasteiger partial charge is 0.379 e. The van der Waals surface area contributed by atoms with Crippen molar-refractivity contribution in [3.05, 3.63) is 30.4 Å². The van der Waals surface area contributed by atoms with Gasteiger partial charge in [-0.1, -0.05) is 6.92 Å². The molecule has 2 aliphatic rings. The van der Waals surface area contributed by atoms with Gasteiger partial charge in [0, 0.05) is 43.3 Å². The summed E-state index contributed by atoms with van der Waals surface area (Å²) in [5.41, 5.74) is 3.81. The van der Waals surface area contributed by atoms with Crippen molar-refractivity contribution in [2.24, 2.45) is 16.2 Å². The minimum absolute atomic E-state index is 0.125. The molecule has 4 heterocycles. The Hall–Kier alpha value is -2.30. The lowest BCUT2D eigenvalue weighted by Gasteiger charge is -2.23. The fourth-order valence-electron chi connectivity index (χ4n) is 4.59. The van der Waals surface area contributed by atoms with E-state index in [0.717, 1.165) is 35.3 Å². The van der Waals surface area contributed by atoms with Gasteiger partial charge < -0.3 is 9.72 Å². The van der Waals surface area contributed by atoms with Gasteiger partial charge in [0.15, 0.2) is 11.3 Å². The standard InChI is InChI=1S/C19H24N6O3S/c1-13-8-14(10-23-29(26,27)24-4-6-28-7-5-24)9-15(13)17-11-21-18-12-22-19-16(25(17)18)2-3-20-19/h2-3,10-15,20H,4-9H2,1H3/b23-10+/t13-,14?,15+/m1/s1. The number of aromatic amines is 1. The smallest absolute Gasteiger partial charge is 0.322 e. The first kappa shape index (κ1) is 18.7. The maximum atomic E-state index is 12.5. The number of fused-ring (bicyclic) bond motifs is 3. The molecule has 0 radical (unpaired) electrons. The second-order valence-electron chi connectivity index (χ2n) is 7.91. The first-order valence-corrected chi connectivity index (χ1v) is 11.4. The Balaban J connectivity index is 1.39. The molecular weight excluding hydrogens is 392 g/mol. The van der Waals surface area contributed by atoms with Crippen LogP contribution in [0.1, 0.15) is 31.4 Å². The molecule has 0 bridgehead atoms. The highest BCUT2D eigenvalue weighted by atomic mass is 32.2. The Morgan fingerprint density at radius 2 is 2.07 bits per heavy atom. The van der Waals surface area contributed by atoms with E-state index in [4.69, 9.17) is 4.74 Å². The number of morpholine rings is 1. The molecule has 2 fully saturated rings. The van der Waals surface area contributed by atoms with Gasteiger partial charge in [-0.25, -0.2) is 9.97 Å². The zero-order chi connectivity index (χ0) is 20.0. The molecule has 0 amide bonds. The van der Waals surface area contributed by atoms with Crippen LogP contribution in [0.2, 0.25) is 0 Å². The summed E-state index contributed by atoms with van der Waals surface area (Å²) in [5, 5.41) is 0. The number of hydrogen-bond acceptors (Lipinski definition) is 5. The van der Waals surface area contributed by atoms with Crippen LogP contribution in [0.15, 0.2) is 29.1 Å². The van der Waals surface area contributed by atoms with E-state index in [1.54, 1.807) is 12.4 Å². The first-order chi connectivity index (χ1) is 14.0. The molecule has 3 aromatic rings. The van der Waals surface area contributed by atoms with Gasteiger partial charge in [0.2, 0.25) is 0 Å². The van der Waals surface area contributed by atoms with E-state index in [1.165, 1.54) is 4.31 Å². The van der Waals surface area contributed by atoms with Gasteiger partial charge in [0.1, 0.15) is 0 Å². The molecule has 5 rings (SSSR count). The van der Waals surface area contributed by atoms with Crippen molar-refractivity contribution in [1.82, 2.24) is 23.7 Å². The minimum atomic E-state index is -3.62. The molecule has 154 valence electrons. The number of aromatic nitrogens is 4. The lowest BCUT2D eigenvalue weighted by Crippen LogP contribution is -2.39. The third-order valence-corrected chi connectivity index (χ3v) is 7.48. The number of nitrogens with zero attached hydrogens (tertiary/aromatic N) is 5. The minimum Gasteiger partial charge on any atom is -0.379 e. The van der Waals surface area contributed by atoms with Crippen molar-refractivity contribution < 1.29 is 13.2 Å². The van der Waals surface area contributed by atoms with Gasteiger partial charge >= 0.3 is 10.2 Å². The zero-order valence-corrected chi connectivity index (χ0v) is 17.0. The lowest BCUT2D eigenvalue weighted by atomic mass is 9.95. The second-order valence-corrected chi connectivity index (χ2v) is 9.53.